The van der Waals surface area contributed by atoms with Gasteiger partial charge in [-0.3, -0.25) is 0 Å². The van der Waals surface area contributed by atoms with Gasteiger partial charge in [0.25, 0.3) is 0 Å². The van der Waals surface area contributed by atoms with E-state index in [1.165, 1.54) is 6.92 Å². The van der Waals surface area contributed by atoms with Gasteiger partial charge < -0.3 is 4.90 Å². The highest BCUT2D eigenvalue weighted by atomic mass is 19.4. The predicted molar refractivity (Wildman–Crippen MR) is 63.5 cm³/mol. The largest absolute Gasteiger partial charge is 0.426 e. The van der Waals surface area contributed by atoms with Gasteiger partial charge in [0.05, 0.1) is 5.57 Å². The van der Waals surface area contributed by atoms with Crippen LogP contribution in [0.25, 0.3) is 0 Å². The van der Waals surface area contributed by atoms with Gasteiger partial charge in [0.1, 0.15) is 17.7 Å². The van der Waals surface area contributed by atoms with E-state index in [-0.39, 0.29) is 11.1 Å². The summed E-state index contributed by atoms with van der Waals surface area (Å²) in [6, 6.07) is 2.95. The van der Waals surface area contributed by atoms with E-state index in [1.54, 1.807) is 13.0 Å². The fourth-order valence-electron chi connectivity index (χ4n) is 2.13. The summed E-state index contributed by atoms with van der Waals surface area (Å²) in [4.78, 5) is 1.88. The molecule has 0 aromatic heterocycles. The van der Waals surface area contributed by atoms with Crippen molar-refractivity contribution in [2.45, 2.75) is 32.9 Å². The quantitative estimate of drug-likeness (QED) is 0.571. The van der Waals surface area contributed by atoms with Crippen LogP contribution < -0.4 is 0 Å². The maximum Gasteiger partial charge on any atom is 0.426 e. The maximum absolute atomic E-state index is 12.7. The number of nitrogens with zero attached hydrogens (tertiary/aromatic N) is 3. The van der Waals surface area contributed by atoms with Gasteiger partial charge in [-0.15, -0.1) is 0 Å². The van der Waals surface area contributed by atoms with Crippen molar-refractivity contribution >= 4 is 0 Å². The third kappa shape index (κ3) is 3.29. The zero-order valence-electron chi connectivity index (χ0n) is 10.8. The Morgan fingerprint density at radius 1 is 1.05 bits per heavy atom. The number of likely N-dealkylation sites (tertiary alicyclic amines) is 1. The second-order valence-electron chi connectivity index (χ2n) is 4.38. The van der Waals surface area contributed by atoms with E-state index in [0.29, 0.717) is 5.70 Å². The molecule has 1 heterocycles. The molecule has 1 fully saturated rings. The minimum Gasteiger partial charge on any atom is -0.374 e. The third-order valence-electron chi connectivity index (χ3n) is 3.20. The first-order valence-corrected chi connectivity index (χ1v) is 5.87. The van der Waals surface area contributed by atoms with Gasteiger partial charge in [0.2, 0.25) is 0 Å². The van der Waals surface area contributed by atoms with Crippen LogP contribution in [-0.4, -0.2) is 24.2 Å². The van der Waals surface area contributed by atoms with E-state index >= 15 is 0 Å². The van der Waals surface area contributed by atoms with Gasteiger partial charge in [-0.1, -0.05) is 0 Å². The van der Waals surface area contributed by atoms with Crippen molar-refractivity contribution in [1.82, 2.24) is 4.90 Å². The summed E-state index contributed by atoms with van der Waals surface area (Å²) in [5, 5.41) is 17.7. The number of halogens is 3. The van der Waals surface area contributed by atoms with Crippen molar-refractivity contribution in [1.29, 1.82) is 10.5 Å². The molecule has 1 rings (SSSR count). The molecule has 1 aliphatic heterocycles. The fourth-order valence-corrected chi connectivity index (χ4v) is 2.13. The Hall–Kier alpha value is -1.95. The smallest absolute Gasteiger partial charge is 0.374 e. The van der Waals surface area contributed by atoms with Crippen molar-refractivity contribution in [2.75, 3.05) is 13.1 Å². The number of alkyl halides is 3. The zero-order chi connectivity index (χ0) is 14.6. The number of hydrogen-bond donors (Lipinski definition) is 0. The Morgan fingerprint density at radius 2 is 1.58 bits per heavy atom. The van der Waals surface area contributed by atoms with Crippen molar-refractivity contribution in [2.24, 2.45) is 0 Å². The summed E-state index contributed by atoms with van der Waals surface area (Å²) in [6.07, 6.45) is -2.81. The van der Waals surface area contributed by atoms with Gasteiger partial charge in [0.15, 0.2) is 0 Å². The van der Waals surface area contributed by atoms with Crippen LogP contribution in [-0.2, 0) is 0 Å². The van der Waals surface area contributed by atoms with Crippen LogP contribution in [0.3, 0.4) is 0 Å². The minimum absolute atomic E-state index is 0.0595. The predicted octanol–water partition coefficient (Wildman–Crippen LogP) is 3.28. The maximum atomic E-state index is 12.7. The molecule has 0 aromatic carbocycles. The van der Waals surface area contributed by atoms with Gasteiger partial charge in [-0.05, 0) is 32.3 Å². The monoisotopic (exact) mass is 269 g/mol. The van der Waals surface area contributed by atoms with Crippen LogP contribution in [0.15, 0.2) is 22.4 Å². The molecule has 0 unspecified atom stereocenters. The molecule has 0 amide bonds. The normalized spacial score (nSPS) is 18.4. The van der Waals surface area contributed by atoms with E-state index < -0.39 is 11.7 Å². The molecule has 0 radical (unpaired) electrons. The Kier molecular flexibility index (Phi) is 4.61. The second-order valence-corrected chi connectivity index (χ2v) is 4.38. The molecule has 0 N–H and O–H groups in total. The molecule has 102 valence electrons. The van der Waals surface area contributed by atoms with Gasteiger partial charge in [0, 0.05) is 18.8 Å². The van der Waals surface area contributed by atoms with Crippen LogP contribution in [0.4, 0.5) is 13.2 Å². The minimum atomic E-state index is -4.73. The number of rotatable bonds is 2. The molecule has 0 spiro atoms. The summed E-state index contributed by atoms with van der Waals surface area (Å²) in [6.45, 7) is 4.26. The van der Waals surface area contributed by atoms with Gasteiger partial charge >= 0.3 is 6.18 Å². The molecule has 0 saturated carbocycles. The highest BCUT2D eigenvalue weighted by Gasteiger charge is 2.36. The summed E-state index contributed by atoms with van der Waals surface area (Å²) >= 11 is 0. The lowest BCUT2D eigenvalue weighted by Gasteiger charge is -2.20. The number of allylic oxidation sites excluding steroid dienone is 4. The Labute approximate surface area is 110 Å². The van der Waals surface area contributed by atoms with E-state index in [4.69, 9.17) is 10.5 Å². The Bertz CT molecular complexity index is 495. The standard InChI is InChI=1S/C13H14F3N3/c1-9(12(8-18)13(14,15)16)11(7-17)10(2)19-5-3-4-6-19/h3-6H2,1-2H3/b11-10+,12-9-. The highest BCUT2D eigenvalue weighted by molar-refractivity contribution is 5.51. The molecule has 19 heavy (non-hydrogen) atoms. The van der Waals surface area contributed by atoms with Crippen molar-refractivity contribution in [3.8, 4) is 12.1 Å². The molecule has 6 heteroatoms. The summed E-state index contributed by atoms with van der Waals surface area (Å²) in [5.74, 6) is 0. The molecule has 1 aliphatic rings. The summed E-state index contributed by atoms with van der Waals surface area (Å²) in [5.41, 5.74) is -1.16. The molecular weight excluding hydrogens is 255 g/mol. The topological polar surface area (TPSA) is 50.8 Å². The molecule has 1 saturated heterocycles. The first kappa shape index (κ1) is 15.1. The molecule has 0 aromatic rings. The Balaban J connectivity index is 3.31. The van der Waals surface area contributed by atoms with Crippen LogP contribution in [0, 0.1) is 22.7 Å². The number of hydrogen-bond acceptors (Lipinski definition) is 3. The summed E-state index contributed by atoms with van der Waals surface area (Å²) < 4.78 is 38.0. The zero-order valence-corrected chi connectivity index (χ0v) is 10.8. The van der Waals surface area contributed by atoms with E-state index in [2.05, 4.69) is 0 Å². The highest BCUT2D eigenvalue weighted by Crippen LogP contribution is 2.32. The van der Waals surface area contributed by atoms with E-state index in [0.717, 1.165) is 32.0 Å². The van der Waals surface area contributed by atoms with Crippen molar-refractivity contribution < 1.29 is 13.2 Å². The molecule has 0 aliphatic carbocycles. The SMILES string of the molecule is CC(/C(C#N)=C(\C)N1CCCC1)=C(\C#N)C(F)(F)F. The van der Waals surface area contributed by atoms with E-state index in [9.17, 15) is 13.2 Å². The average molecular weight is 269 g/mol. The van der Waals surface area contributed by atoms with Gasteiger partial charge in [-0.25, -0.2) is 0 Å². The fraction of sp³-hybridized carbons (Fsp3) is 0.538. The first-order chi connectivity index (χ1) is 8.82. The lowest BCUT2D eigenvalue weighted by molar-refractivity contribution is -0.0879. The number of nitriles is 2. The molecule has 3 nitrogen and oxygen atoms in total. The lowest BCUT2D eigenvalue weighted by atomic mass is 10.0. The summed E-state index contributed by atoms with van der Waals surface area (Å²) in [7, 11) is 0. The first-order valence-electron chi connectivity index (χ1n) is 5.87. The lowest BCUT2D eigenvalue weighted by Crippen LogP contribution is -2.20. The van der Waals surface area contributed by atoms with E-state index in [1.807, 2.05) is 4.90 Å². The average Bonchev–Trinajstić information content (AvgIpc) is 2.82. The third-order valence-corrected chi connectivity index (χ3v) is 3.20. The van der Waals surface area contributed by atoms with Gasteiger partial charge in [-0.2, -0.15) is 23.7 Å². The van der Waals surface area contributed by atoms with Crippen molar-refractivity contribution in [3.63, 3.8) is 0 Å². The molecule has 0 atom stereocenters. The Morgan fingerprint density at radius 3 is 1.95 bits per heavy atom. The van der Waals surface area contributed by atoms with Crippen LogP contribution in [0.2, 0.25) is 0 Å². The van der Waals surface area contributed by atoms with Crippen LogP contribution >= 0.6 is 0 Å². The molecular formula is C13H14F3N3. The van der Waals surface area contributed by atoms with Crippen molar-refractivity contribution in [3.05, 3.63) is 22.4 Å². The molecule has 0 bridgehead atoms. The van der Waals surface area contributed by atoms with Crippen LogP contribution in [0.5, 0.6) is 0 Å². The second kappa shape index (κ2) is 5.79. The van der Waals surface area contributed by atoms with Crippen LogP contribution in [0.1, 0.15) is 26.7 Å².